The number of rotatable bonds is 9. The van der Waals surface area contributed by atoms with Crippen LogP contribution in [0.1, 0.15) is 26.2 Å². The Morgan fingerprint density at radius 1 is 1.45 bits per heavy atom. The molecule has 0 atom stereocenters. The first-order valence-corrected chi connectivity index (χ1v) is 7.31. The third-order valence-corrected chi connectivity index (χ3v) is 3.12. The first kappa shape index (κ1) is 16.8. The molecule has 1 rings (SSSR count). The number of carbonyl (C=O) groups excluding carboxylic acids is 1. The molecular weight excluding hydrogens is 258 g/mol. The predicted molar refractivity (Wildman–Crippen MR) is 78.8 cm³/mol. The molecule has 0 radical (unpaired) electrons. The molecule has 1 saturated carbocycles. The lowest BCUT2D eigenvalue weighted by Crippen LogP contribution is -2.40. The second-order valence-corrected chi connectivity index (χ2v) is 5.00. The van der Waals surface area contributed by atoms with E-state index in [-0.39, 0.29) is 5.97 Å². The van der Waals surface area contributed by atoms with Crippen LogP contribution in [0, 0.1) is 5.92 Å². The van der Waals surface area contributed by atoms with Crippen molar-refractivity contribution in [3.8, 4) is 0 Å². The van der Waals surface area contributed by atoms with Crippen molar-refractivity contribution in [3.63, 3.8) is 0 Å². The molecule has 0 aromatic rings. The zero-order valence-corrected chi connectivity index (χ0v) is 12.9. The van der Waals surface area contributed by atoms with Gasteiger partial charge in [-0.2, -0.15) is 0 Å². The second-order valence-electron chi connectivity index (χ2n) is 5.00. The van der Waals surface area contributed by atoms with Gasteiger partial charge in [-0.1, -0.05) is 0 Å². The van der Waals surface area contributed by atoms with E-state index in [4.69, 9.17) is 4.74 Å². The van der Waals surface area contributed by atoms with Crippen molar-refractivity contribution in [3.05, 3.63) is 0 Å². The Hall–Kier alpha value is -1.30. The summed E-state index contributed by atoms with van der Waals surface area (Å²) in [5, 5.41) is 3.20. The molecule has 0 aromatic heterocycles. The first-order valence-electron chi connectivity index (χ1n) is 7.31. The van der Waals surface area contributed by atoms with Crippen LogP contribution in [-0.2, 0) is 14.3 Å². The molecule has 1 aliphatic rings. The highest BCUT2D eigenvalue weighted by atomic mass is 16.5. The molecule has 116 valence electrons. The maximum absolute atomic E-state index is 11.1. The topological polar surface area (TPSA) is 63.2 Å². The largest absolute Gasteiger partial charge is 0.469 e. The van der Waals surface area contributed by atoms with E-state index in [1.807, 2.05) is 18.9 Å². The van der Waals surface area contributed by atoms with Crippen molar-refractivity contribution in [2.75, 3.05) is 47.0 Å². The Labute approximate surface area is 121 Å². The van der Waals surface area contributed by atoms with E-state index in [0.717, 1.165) is 31.6 Å². The van der Waals surface area contributed by atoms with Crippen LogP contribution < -0.4 is 5.32 Å². The van der Waals surface area contributed by atoms with Crippen LogP contribution in [0.3, 0.4) is 0 Å². The molecule has 0 saturated heterocycles. The van der Waals surface area contributed by atoms with Crippen LogP contribution in [-0.4, -0.2) is 63.8 Å². The molecular formula is C14H27N3O3. The fraction of sp³-hybridized carbons (Fsp3) is 0.857. The van der Waals surface area contributed by atoms with Gasteiger partial charge < -0.3 is 19.7 Å². The lowest BCUT2D eigenvalue weighted by molar-refractivity contribution is -0.140. The van der Waals surface area contributed by atoms with Crippen LogP contribution in [0.25, 0.3) is 0 Å². The molecule has 20 heavy (non-hydrogen) atoms. The Morgan fingerprint density at radius 2 is 2.20 bits per heavy atom. The molecule has 0 aromatic carbocycles. The van der Waals surface area contributed by atoms with Gasteiger partial charge in [0.15, 0.2) is 5.96 Å². The number of nitrogens with one attached hydrogen (secondary N) is 1. The fourth-order valence-corrected chi connectivity index (χ4v) is 1.67. The fourth-order valence-electron chi connectivity index (χ4n) is 1.67. The minimum Gasteiger partial charge on any atom is -0.469 e. The van der Waals surface area contributed by atoms with Gasteiger partial charge >= 0.3 is 5.97 Å². The van der Waals surface area contributed by atoms with Crippen LogP contribution in [0.2, 0.25) is 0 Å². The quantitative estimate of drug-likeness (QED) is 0.295. The minimum absolute atomic E-state index is 0.236. The Bertz CT molecular complexity index is 317. The highest BCUT2D eigenvalue weighted by molar-refractivity contribution is 5.80. The Morgan fingerprint density at radius 3 is 2.80 bits per heavy atom. The molecule has 1 aliphatic carbocycles. The summed E-state index contributed by atoms with van der Waals surface area (Å²) in [6, 6.07) is 0. The van der Waals surface area contributed by atoms with Gasteiger partial charge in [-0.3, -0.25) is 9.79 Å². The van der Waals surface area contributed by atoms with E-state index in [1.54, 1.807) is 0 Å². The van der Waals surface area contributed by atoms with E-state index < -0.39 is 0 Å². The van der Waals surface area contributed by atoms with E-state index in [0.29, 0.717) is 19.6 Å². The minimum atomic E-state index is -0.236. The number of hydrogen-bond donors (Lipinski definition) is 1. The number of esters is 1. The molecule has 0 unspecified atom stereocenters. The van der Waals surface area contributed by atoms with Gasteiger partial charge in [-0.25, -0.2) is 0 Å². The molecule has 1 N–H and O–H groups in total. The van der Waals surface area contributed by atoms with Crippen LogP contribution >= 0.6 is 0 Å². The summed E-state index contributed by atoms with van der Waals surface area (Å²) < 4.78 is 10.2. The van der Waals surface area contributed by atoms with E-state index in [1.165, 1.54) is 20.0 Å². The van der Waals surface area contributed by atoms with Crippen molar-refractivity contribution in [2.24, 2.45) is 10.9 Å². The Kier molecular flexibility index (Phi) is 8.02. The lowest BCUT2D eigenvalue weighted by Gasteiger charge is -2.21. The second kappa shape index (κ2) is 9.58. The van der Waals surface area contributed by atoms with Crippen molar-refractivity contribution in [1.82, 2.24) is 10.2 Å². The van der Waals surface area contributed by atoms with Gasteiger partial charge in [0.05, 0.1) is 26.7 Å². The standard InChI is InChI=1S/C14H27N3O3/c1-4-15-14(16-8-7-13(18)19-3)17(2)9-10-20-11-12-5-6-12/h12H,4-11H2,1-3H3,(H,15,16). The molecule has 0 heterocycles. The number of hydrogen-bond acceptors (Lipinski definition) is 4. The summed E-state index contributed by atoms with van der Waals surface area (Å²) in [6.45, 7) is 5.62. The summed E-state index contributed by atoms with van der Waals surface area (Å²) in [7, 11) is 3.36. The number of guanidine groups is 1. The number of methoxy groups -OCH3 is 1. The van der Waals surface area contributed by atoms with E-state index in [9.17, 15) is 4.79 Å². The third kappa shape index (κ3) is 7.33. The maximum Gasteiger partial charge on any atom is 0.307 e. The first-order chi connectivity index (χ1) is 9.67. The molecule has 0 spiro atoms. The highest BCUT2D eigenvalue weighted by Crippen LogP contribution is 2.28. The van der Waals surface area contributed by atoms with Crippen LogP contribution in [0.4, 0.5) is 0 Å². The zero-order chi connectivity index (χ0) is 14.8. The molecule has 6 nitrogen and oxygen atoms in total. The van der Waals surface area contributed by atoms with Crippen molar-refractivity contribution in [1.29, 1.82) is 0 Å². The summed E-state index contributed by atoms with van der Waals surface area (Å²) in [6.07, 6.45) is 2.93. The van der Waals surface area contributed by atoms with Crippen molar-refractivity contribution in [2.45, 2.75) is 26.2 Å². The molecule has 0 amide bonds. The lowest BCUT2D eigenvalue weighted by atomic mass is 10.4. The van der Waals surface area contributed by atoms with Crippen LogP contribution in [0.15, 0.2) is 4.99 Å². The van der Waals surface area contributed by atoms with Gasteiger partial charge in [0.2, 0.25) is 0 Å². The zero-order valence-electron chi connectivity index (χ0n) is 12.9. The number of ether oxygens (including phenoxy) is 2. The summed E-state index contributed by atoms with van der Waals surface area (Å²) >= 11 is 0. The monoisotopic (exact) mass is 285 g/mol. The average molecular weight is 285 g/mol. The van der Waals surface area contributed by atoms with Gasteiger partial charge in [0.25, 0.3) is 0 Å². The summed E-state index contributed by atoms with van der Waals surface area (Å²) in [5.74, 6) is 1.36. The highest BCUT2D eigenvalue weighted by Gasteiger charge is 2.21. The molecule has 6 heteroatoms. The normalized spacial score (nSPS) is 15.1. The molecule has 0 aliphatic heterocycles. The summed E-state index contributed by atoms with van der Waals surface area (Å²) in [4.78, 5) is 17.5. The van der Waals surface area contributed by atoms with Gasteiger partial charge in [-0.15, -0.1) is 0 Å². The third-order valence-electron chi connectivity index (χ3n) is 3.12. The van der Waals surface area contributed by atoms with Crippen molar-refractivity contribution >= 4 is 11.9 Å². The maximum atomic E-state index is 11.1. The Balaban J connectivity index is 2.25. The van der Waals surface area contributed by atoms with E-state index >= 15 is 0 Å². The van der Waals surface area contributed by atoms with E-state index in [2.05, 4.69) is 15.0 Å². The predicted octanol–water partition coefficient (Wildman–Crippen LogP) is 0.873. The number of likely N-dealkylation sites (N-methyl/N-ethyl adjacent to an activating group) is 1. The molecule has 1 fully saturated rings. The van der Waals surface area contributed by atoms with Gasteiger partial charge in [0, 0.05) is 26.7 Å². The smallest absolute Gasteiger partial charge is 0.307 e. The van der Waals surface area contributed by atoms with Crippen molar-refractivity contribution < 1.29 is 14.3 Å². The van der Waals surface area contributed by atoms with Gasteiger partial charge in [-0.05, 0) is 25.7 Å². The number of carbonyl (C=O) groups is 1. The average Bonchev–Trinajstić information content (AvgIpc) is 3.26. The number of nitrogens with zero attached hydrogens (tertiary/aromatic N) is 2. The SMILES string of the molecule is CCNC(=NCCC(=O)OC)N(C)CCOCC1CC1. The van der Waals surface area contributed by atoms with Crippen LogP contribution in [0.5, 0.6) is 0 Å². The summed E-state index contributed by atoms with van der Waals surface area (Å²) in [5.41, 5.74) is 0. The number of aliphatic imine (C=N–C) groups is 1. The molecule has 0 bridgehead atoms. The van der Waals surface area contributed by atoms with Gasteiger partial charge in [0.1, 0.15) is 0 Å².